The van der Waals surface area contributed by atoms with Gasteiger partial charge in [-0.15, -0.1) is 12.4 Å². The van der Waals surface area contributed by atoms with Crippen LogP contribution in [0.1, 0.15) is 18.9 Å². The summed E-state index contributed by atoms with van der Waals surface area (Å²) in [5, 5.41) is 2.96. The molecular weight excluding hydrogens is 409 g/mol. The van der Waals surface area contributed by atoms with E-state index in [-0.39, 0.29) is 23.4 Å². The summed E-state index contributed by atoms with van der Waals surface area (Å²) in [6, 6.07) is 2.96. The van der Waals surface area contributed by atoms with Crippen molar-refractivity contribution in [2.45, 2.75) is 24.4 Å². The van der Waals surface area contributed by atoms with Gasteiger partial charge in [0.1, 0.15) is 0 Å². The average molecular weight is 426 g/mol. The van der Waals surface area contributed by atoms with Crippen molar-refractivity contribution < 1.29 is 21.6 Å². The molecule has 0 unspecified atom stereocenters. The maximum atomic E-state index is 12.9. The molecule has 22 heavy (non-hydrogen) atoms. The molecule has 0 saturated heterocycles. The minimum absolute atomic E-state index is 0. The first-order valence-electron chi connectivity index (χ1n) is 6.25. The Kier molecular flexibility index (Phi) is 8.93. The van der Waals surface area contributed by atoms with Crippen molar-refractivity contribution in [3.63, 3.8) is 0 Å². The summed E-state index contributed by atoms with van der Waals surface area (Å²) in [7, 11) is -4.21. The quantitative estimate of drug-likeness (QED) is 0.660. The number of halogens is 5. The molecule has 0 amide bonds. The van der Waals surface area contributed by atoms with E-state index in [0.29, 0.717) is 13.1 Å². The zero-order chi connectivity index (χ0) is 16.1. The normalized spacial score (nSPS) is 12.0. The zero-order valence-electron chi connectivity index (χ0n) is 11.7. The smallest absolute Gasteiger partial charge is 0.315 e. The lowest BCUT2D eigenvalue weighted by Gasteiger charge is -2.14. The van der Waals surface area contributed by atoms with Crippen LogP contribution in [-0.4, -0.2) is 28.1 Å². The Labute approximate surface area is 142 Å². The molecule has 1 aromatic rings. The highest BCUT2D eigenvalue weighted by Gasteiger charge is 2.37. The highest BCUT2D eigenvalue weighted by Crippen LogP contribution is 2.35. The lowest BCUT2D eigenvalue weighted by Crippen LogP contribution is -2.33. The predicted molar refractivity (Wildman–Crippen MR) is 84.7 cm³/mol. The molecule has 0 aliphatic carbocycles. The number of rotatable bonds is 7. The van der Waals surface area contributed by atoms with Gasteiger partial charge in [0.25, 0.3) is 0 Å². The lowest BCUT2D eigenvalue weighted by molar-refractivity contribution is -0.139. The Balaban J connectivity index is 0.00000441. The SMILES string of the molecule is CCCNCCNS(=O)(=O)c1ccc(Br)cc1C(F)(F)F.Cl. The van der Waals surface area contributed by atoms with Crippen molar-refractivity contribution in [1.29, 1.82) is 0 Å². The van der Waals surface area contributed by atoms with Crippen LogP contribution in [0.3, 0.4) is 0 Å². The van der Waals surface area contributed by atoms with Crippen molar-refractivity contribution in [1.82, 2.24) is 10.0 Å². The maximum Gasteiger partial charge on any atom is 0.417 e. The minimum Gasteiger partial charge on any atom is -0.315 e. The topological polar surface area (TPSA) is 58.2 Å². The summed E-state index contributed by atoms with van der Waals surface area (Å²) in [5.41, 5.74) is -1.19. The summed E-state index contributed by atoms with van der Waals surface area (Å²) < 4.78 is 65.1. The fourth-order valence-electron chi connectivity index (χ4n) is 1.61. The molecule has 0 saturated carbocycles. The van der Waals surface area contributed by atoms with Gasteiger partial charge in [0.15, 0.2) is 0 Å². The van der Waals surface area contributed by atoms with Crippen LogP contribution >= 0.6 is 28.3 Å². The van der Waals surface area contributed by atoms with Crippen LogP contribution in [0.15, 0.2) is 27.6 Å². The molecule has 128 valence electrons. The van der Waals surface area contributed by atoms with E-state index in [1.54, 1.807) is 0 Å². The first-order chi connectivity index (χ1) is 9.68. The molecule has 0 spiro atoms. The lowest BCUT2D eigenvalue weighted by atomic mass is 10.2. The van der Waals surface area contributed by atoms with Gasteiger partial charge in [0.2, 0.25) is 10.0 Å². The molecule has 0 bridgehead atoms. The number of hydrogen-bond donors (Lipinski definition) is 2. The Morgan fingerprint density at radius 2 is 1.82 bits per heavy atom. The monoisotopic (exact) mass is 424 g/mol. The van der Waals surface area contributed by atoms with Gasteiger partial charge in [0.05, 0.1) is 10.5 Å². The molecule has 0 atom stereocenters. The van der Waals surface area contributed by atoms with E-state index >= 15 is 0 Å². The molecule has 1 aromatic carbocycles. The van der Waals surface area contributed by atoms with Crippen molar-refractivity contribution in [2.75, 3.05) is 19.6 Å². The second kappa shape index (κ2) is 9.07. The van der Waals surface area contributed by atoms with Crippen LogP contribution in [0, 0.1) is 0 Å². The minimum atomic E-state index is -4.74. The largest absolute Gasteiger partial charge is 0.417 e. The molecular formula is C12H17BrClF3N2O2S. The second-order valence-electron chi connectivity index (χ2n) is 4.29. The molecule has 10 heteroatoms. The molecule has 0 heterocycles. The summed E-state index contributed by atoms with van der Waals surface area (Å²) in [5.74, 6) is 0. The molecule has 0 aliphatic heterocycles. The number of benzene rings is 1. The highest BCUT2D eigenvalue weighted by atomic mass is 79.9. The van der Waals surface area contributed by atoms with Gasteiger partial charge in [-0.1, -0.05) is 22.9 Å². The molecule has 0 aliphatic rings. The number of alkyl halides is 3. The number of hydrogen-bond acceptors (Lipinski definition) is 3. The zero-order valence-corrected chi connectivity index (χ0v) is 14.9. The van der Waals surface area contributed by atoms with E-state index in [0.717, 1.165) is 18.6 Å². The standard InChI is InChI=1S/C12H16BrF3N2O2S.ClH/c1-2-5-17-6-7-18-21(19,20)11-4-3-9(13)8-10(11)12(14,15)16;/h3-4,8,17-18H,2,5-7H2,1H3;1H. The third kappa shape index (κ3) is 6.41. The van der Waals surface area contributed by atoms with Gasteiger partial charge in [-0.25, -0.2) is 13.1 Å². The molecule has 1 rings (SSSR count). The van der Waals surface area contributed by atoms with E-state index < -0.39 is 26.7 Å². The van der Waals surface area contributed by atoms with E-state index in [4.69, 9.17) is 0 Å². The fraction of sp³-hybridized carbons (Fsp3) is 0.500. The molecule has 4 nitrogen and oxygen atoms in total. The summed E-state index contributed by atoms with van der Waals surface area (Å²) in [6.45, 7) is 3.04. The predicted octanol–water partition coefficient (Wildman–Crippen LogP) is 3.17. The van der Waals surface area contributed by atoms with E-state index in [1.807, 2.05) is 6.92 Å². The van der Waals surface area contributed by atoms with Gasteiger partial charge in [-0.3, -0.25) is 0 Å². The Hall–Kier alpha value is -0.350. The third-order valence-corrected chi connectivity index (χ3v) is 4.57. The van der Waals surface area contributed by atoms with Gasteiger partial charge >= 0.3 is 6.18 Å². The number of nitrogens with one attached hydrogen (secondary N) is 2. The molecule has 0 fully saturated rings. The van der Waals surface area contributed by atoms with Crippen molar-refractivity contribution >= 4 is 38.4 Å². The van der Waals surface area contributed by atoms with E-state index in [9.17, 15) is 21.6 Å². The molecule has 2 N–H and O–H groups in total. The highest BCUT2D eigenvalue weighted by molar-refractivity contribution is 9.10. The summed E-state index contributed by atoms with van der Waals surface area (Å²) in [6.07, 6.45) is -3.86. The van der Waals surface area contributed by atoms with Crippen LogP contribution in [0.25, 0.3) is 0 Å². The van der Waals surface area contributed by atoms with Gasteiger partial charge in [0, 0.05) is 17.6 Å². The average Bonchev–Trinajstić information content (AvgIpc) is 2.37. The van der Waals surface area contributed by atoms with Crippen molar-refractivity contribution in [3.8, 4) is 0 Å². The second-order valence-corrected chi connectivity index (χ2v) is 6.94. The van der Waals surface area contributed by atoms with Crippen LogP contribution < -0.4 is 10.0 Å². The van der Waals surface area contributed by atoms with Crippen LogP contribution in [-0.2, 0) is 16.2 Å². The van der Waals surface area contributed by atoms with E-state index in [2.05, 4.69) is 26.0 Å². The van der Waals surface area contributed by atoms with Gasteiger partial charge < -0.3 is 5.32 Å². The fourth-order valence-corrected chi connectivity index (χ4v) is 3.21. The number of sulfonamides is 1. The maximum absolute atomic E-state index is 12.9. The molecule has 0 aromatic heterocycles. The van der Waals surface area contributed by atoms with E-state index in [1.165, 1.54) is 6.07 Å². The van der Waals surface area contributed by atoms with Gasteiger partial charge in [-0.2, -0.15) is 13.2 Å². The summed E-state index contributed by atoms with van der Waals surface area (Å²) in [4.78, 5) is -0.770. The van der Waals surface area contributed by atoms with Gasteiger partial charge in [-0.05, 0) is 31.2 Å². The Bertz CT molecular complexity index is 582. The first kappa shape index (κ1) is 21.6. The Morgan fingerprint density at radius 1 is 1.18 bits per heavy atom. The van der Waals surface area contributed by atoms with Crippen molar-refractivity contribution in [3.05, 3.63) is 28.2 Å². The Morgan fingerprint density at radius 3 is 2.36 bits per heavy atom. The first-order valence-corrected chi connectivity index (χ1v) is 8.53. The van der Waals surface area contributed by atoms with Crippen LogP contribution in [0.4, 0.5) is 13.2 Å². The van der Waals surface area contributed by atoms with Crippen LogP contribution in [0.5, 0.6) is 0 Å². The van der Waals surface area contributed by atoms with Crippen LogP contribution in [0.2, 0.25) is 0 Å². The molecule has 0 radical (unpaired) electrons. The summed E-state index contributed by atoms with van der Waals surface area (Å²) >= 11 is 2.91. The van der Waals surface area contributed by atoms with Crippen molar-refractivity contribution in [2.24, 2.45) is 0 Å². The third-order valence-electron chi connectivity index (χ3n) is 2.56.